The molecule has 0 aliphatic carbocycles. The summed E-state index contributed by atoms with van der Waals surface area (Å²) in [6, 6.07) is 0. The summed E-state index contributed by atoms with van der Waals surface area (Å²) in [6.07, 6.45) is 1.50. The number of rotatable bonds is 3. The van der Waals surface area contributed by atoms with Crippen molar-refractivity contribution < 1.29 is 14.7 Å². The highest BCUT2D eigenvalue weighted by Crippen LogP contribution is 2.01. The van der Waals surface area contributed by atoms with Gasteiger partial charge in [-0.05, 0) is 6.08 Å². The minimum atomic E-state index is -1.75. The highest BCUT2D eigenvalue weighted by molar-refractivity contribution is 4.64. The minimum absolute atomic E-state index is 0.317. The molecular weight excluding hydrogens is 176 g/mol. The molecule has 1 atom stereocenters. The lowest BCUT2D eigenvalue weighted by Crippen LogP contribution is -2.47. The Bertz CT molecular complexity index is 164. The molecule has 6 heteroatoms. The van der Waals surface area contributed by atoms with Crippen LogP contribution in [0.15, 0.2) is 12.7 Å². The number of aliphatic hydroxyl groups excluding tert-OH is 1. The van der Waals surface area contributed by atoms with E-state index < -0.39 is 5.09 Å². The molecule has 78 valence electrons. The first-order valence-electron chi connectivity index (χ1n) is 3.67. The number of likely N-dealkylation sites (N-methyl/N-ethyl adjacent to an activating group) is 1. The predicted octanol–water partition coefficient (Wildman–Crippen LogP) is 0.348. The molecule has 0 amide bonds. The molecule has 0 radical (unpaired) electrons. The molecule has 1 N–H and O–H groups in total. The SMILES string of the molecule is C=CC[N+](C)(C)C(C)O.O=[N+]([O-])[O-]. The Morgan fingerprint density at radius 2 is 1.92 bits per heavy atom. The number of hydrogen-bond acceptors (Lipinski definition) is 4. The summed E-state index contributed by atoms with van der Waals surface area (Å²) < 4.78 is 0.587. The van der Waals surface area contributed by atoms with Gasteiger partial charge in [0.1, 0.15) is 0 Å². The van der Waals surface area contributed by atoms with E-state index in [0.29, 0.717) is 4.48 Å². The fourth-order valence-electron chi connectivity index (χ4n) is 0.485. The van der Waals surface area contributed by atoms with Crippen LogP contribution in [0.1, 0.15) is 6.92 Å². The zero-order valence-electron chi connectivity index (χ0n) is 8.14. The van der Waals surface area contributed by atoms with E-state index >= 15 is 0 Å². The number of hydrogen-bond donors (Lipinski definition) is 1. The summed E-state index contributed by atoms with van der Waals surface area (Å²) in [5, 5.41) is 23.9. The molecule has 0 aromatic rings. The summed E-state index contributed by atoms with van der Waals surface area (Å²) in [4.78, 5) is 8.25. The molecule has 0 heterocycles. The second-order valence-corrected chi connectivity index (χ2v) is 3.11. The third-order valence-electron chi connectivity index (χ3n) is 1.61. The first-order valence-corrected chi connectivity index (χ1v) is 3.67. The van der Waals surface area contributed by atoms with Gasteiger partial charge in [0, 0.05) is 6.92 Å². The van der Waals surface area contributed by atoms with Crippen molar-refractivity contribution >= 4 is 0 Å². The molecular formula is C7H16N2O4. The van der Waals surface area contributed by atoms with E-state index in [-0.39, 0.29) is 6.23 Å². The van der Waals surface area contributed by atoms with E-state index in [4.69, 9.17) is 20.4 Å². The summed E-state index contributed by atoms with van der Waals surface area (Å²) in [5.41, 5.74) is 0. The topological polar surface area (TPSA) is 86.4 Å². The van der Waals surface area contributed by atoms with Gasteiger partial charge < -0.3 is 24.9 Å². The maximum atomic E-state index is 9.14. The zero-order valence-corrected chi connectivity index (χ0v) is 8.14. The fraction of sp³-hybridized carbons (Fsp3) is 0.714. The van der Waals surface area contributed by atoms with E-state index in [1.807, 2.05) is 20.2 Å². The average molecular weight is 192 g/mol. The molecule has 0 rings (SSSR count). The van der Waals surface area contributed by atoms with Gasteiger partial charge in [-0.3, -0.25) is 0 Å². The van der Waals surface area contributed by atoms with Gasteiger partial charge in [-0.1, -0.05) is 6.58 Å². The molecule has 0 aliphatic heterocycles. The highest BCUT2D eigenvalue weighted by Gasteiger charge is 2.18. The minimum Gasteiger partial charge on any atom is -0.356 e. The lowest BCUT2D eigenvalue weighted by Gasteiger charge is -2.31. The Morgan fingerprint density at radius 1 is 1.62 bits per heavy atom. The molecule has 0 bridgehead atoms. The van der Waals surface area contributed by atoms with Crippen molar-refractivity contribution in [2.75, 3.05) is 20.6 Å². The van der Waals surface area contributed by atoms with Gasteiger partial charge in [0.2, 0.25) is 0 Å². The van der Waals surface area contributed by atoms with Gasteiger partial charge in [0.25, 0.3) is 0 Å². The van der Waals surface area contributed by atoms with E-state index in [0.717, 1.165) is 6.54 Å². The monoisotopic (exact) mass is 192 g/mol. The first kappa shape index (κ1) is 14.4. The van der Waals surface area contributed by atoms with Gasteiger partial charge in [-0.2, -0.15) is 0 Å². The second kappa shape index (κ2) is 6.38. The average Bonchev–Trinajstić information content (AvgIpc) is 1.85. The van der Waals surface area contributed by atoms with Gasteiger partial charge in [0.05, 0.1) is 25.7 Å². The Hall–Kier alpha value is -1.14. The second-order valence-electron chi connectivity index (χ2n) is 3.11. The van der Waals surface area contributed by atoms with Crippen molar-refractivity contribution in [2.45, 2.75) is 13.2 Å². The molecule has 0 saturated carbocycles. The van der Waals surface area contributed by atoms with Crippen LogP contribution >= 0.6 is 0 Å². The van der Waals surface area contributed by atoms with Crippen LogP contribution in [0.5, 0.6) is 0 Å². The molecule has 0 aliphatic rings. The predicted molar refractivity (Wildman–Crippen MR) is 49.2 cm³/mol. The fourth-order valence-corrected chi connectivity index (χ4v) is 0.485. The largest absolute Gasteiger partial charge is 0.356 e. The number of quaternary nitrogens is 1. The number of aliphatic hydroxyl groups is 1. The Labute approximate surface area is 77.4 Å². The van der Waals surface area contributed by atoms with Crippen molar-refractivity contribution in [2.24, 2.45) is 0 Å². The summed E-state index contributed by atoms with van der Waals surface area (Å²) in [7, 11) is 3.93. The Morgan fingerprint density at radius 3 is 2.00 bits per heavy atom. The van der Waals surface area contributed by atoms with E-state index in [2.05, 4.69) is 6.58 Å². The summed E-state index contributed by atoms with van der Waals surface area (Å²) in [5.74, 6) is 0. The lowest BCUT2D eigenvalue weighted by atomic mass is 10.4. The molecule has 0 aromatic carbocycles. The molecule has 0 fully saturated rings. The molecule has 6 nitrogen and oxygen atoms in total. The lowest BCUT2D eigenvalue weighted by molar-refractivity contribution is -0.929. The molecule has 0 saturated heterocycles. The molecule has 13 heavy (non-hydrogen) atoms. The third kappa shape index (κ3) is 10.9. The zero-order chi connectivity index (χ0) is 11.1. The van der Waals surface area contributed by atoms with E-state index in [9.17, 15) is 0 Å². The van der Waals surface area contributed by atoms with Gasteiger partial charge >= 0.3 is 0 Å². The van der Waals surface area contributed by atoms with Crippen LogP contribution in [0, 0.1) is 15.3 Å². The van der Waals surface area contributed by atoms with Gasteiger partial charge in [-0.25, -0.2) is 0 Å². The van der Waals surface area contributed by atoms with Crippen LogP contribution in [0.25, 0.3) is 0 Å². The van der Waals surface area contributed by atoms with E-state index in [1.165, 1.54) is 0 Å². The molecule has 1 unspecified atom stereocenters. The van der Waals surface area contributed by atoms with Crippen molar-refractivity contribution in [3.8, 4) is 0 Å². The third-order valence-corrected chi connectivity index (χ3v) is 1.61. The summed E-state index contributed by atoms with van der Waals surface area (Å²) in [6.45, 7) is 6.19. The van der Waals surface area contributed by atoms with Crippen LogP contribution in [-0.4, -0.2) is 41.5 Å². The van der Waals surface area contributed by atoms with Crippen molar-refractivity contribution in [1.29, 1.82) is 0 Å². The van der Waals surface area contributed by atoms with Gasteiger partial charge in [0.15, 0.2) is 6.23 Å². The molecule has 0 spiro atoms. The summed E-state index contributed by atoms with van der Waals surface area (Å²) >= 11 is 0. The van der Waals surface area contributed by atoms with Crippen molar-refractivity contribution in [3.63, 3.8) is 0 Å². The normalized spacial score (nSPS) is 12.3. The van der Waals surface area contributed by atoms with Crippen LogP contribution in [0.4, 0.5) is 0 Å². The van der Waals surface area contributed by atoms with Crippen LogP contribution in [0.3, 0.4) is 0 Å². The maximum absolute atomic E-state index is 9.14. The number of nitrogens with zero attached hydrogens (tertiary/aromatic N) is 2. The van der Waals surface area contributed by atoms with Crippen LogP contribution in [0.2, 0.25) is 0 Å². The van der Waals surface area contributed by atoms with Crippen molar-refractivity contribution in [3.05, 3.63) is 28.0 Å². The highest BCUT2D eigenvalue weighted by atomic mass is 16.9. The van der Waals surface area contributed by atoms with Crippen LogP contribution in [-0.2, 0) is 0 Å². The quantitative estimate of drug-likeness (QED) is 0.230. The smallest absolute Gasteiger partial charge is 0.187 e. The standard InChI is InChI=1S/C7H16NO.NO3/c1-5-6-8(3,4)7(2)9;2-1(3)4/h5,7,9H,1,6H2,2-4H3;/q+1;-1. The maximum Gasteiger partial charge on any atom is 0.187 e. The Balaban J connectivity index is 0. The van der Waals surface area contributed by atoms with E-state index in [1.54, 1.807) is 6.92 Å². The Kier molecular flexibility index (Phi) is 7.07. The van der Waals surface area contributed by atoms with Crippen LogP contribution < -0.4 is 0 Å². The van der Waals surface area contributed by atoms with Gasteiger partial charge in [-0.15, -0.1) is 0 Å². The first-order chi connectivity index (χ1) is 5.74. The van der Waals surface area contributed by atoms with Crippen molar-refractivity contribution in [1.82, 2.24) is 0 Å². The molecule has 0 aromatic heterocycles.